The summed E-state index contributed by atoms with van der Waals surface area (Å²) in [5.41, 5.74) is 0.963. The van der Waals surface area contributed by atoms with E-state index >= 15 is 0 Å². The van der Waals surface area contributed by atoms with Crippen LogP contribution in [0.25, 0.3) is 0 Å². The van der Waals surface area contributed by atoms with Gasteiger partial charge in [-0.05, 0) is 17.7 Å². The Morgan fingerprint density at radius 3 is 2.80 bits per heavy atom. The van der Waals surface area contributed by atoms with Gasteiger partial charge in [0.15, 0.2) is 0 Å². The second-order valence-electron chi connectivity index (χ2n) is 3.20. The monoisotopic (exact) mass is 293 g/mol. The van der Waals surface area contributed by atoms with Crippen LogP contribution in [0.1, 0.15) is 5.56 Å². The maximum atomic E-state index is 9.10. The molecule has 0 aliphatic heterocycles. The Labute approximate surface area is 102 Å². The van der Waals surface area contributed by atoms with E-state index in [1.54, 1.807) is 0 Å². The van der Waals surface area contributed by atoms with Gasteiger partial charge in [-0.3, -0.25) is 0 Å². The van der Waals surface area contributed by atoms with Crippen molar-refractivity contribution in [1.82, 2.24) is 5.32 Å². The lowest BCUT2D eigenvalue weighted by Gasteiger charge is -2.10. The maximum absolute atomic E-state index is 9.10. The van der Waals surface area contributed by atoms with Gasteiger partial charge in [0.25, 0.3) is 0 Å². The number of hydrogen-bond acceptors (Lipinski definition) is 3. The number of aliphatic hydroxyl groups excluding tert-OH is 2. The van der Waals surface area contributed by atoms with Crippen LogP contribution < -0.4 is 5.32 Å². The third-order valence-corrected chi connectivity index (χ3v) is 2.77. The molecule has 0 unspecified atom stereocenters. The van der Waals surface area contributed by atoms with Crippen molar-refractivity contribution in [2.45, 2.75) is 12.6 Å². The summed E-state index contributed by atoms with van der Waals surface area (Å²) in [4.78, 5) is 0. The third kappa shape index (κ3) is 4.49. The van der Waals surface area contributed by atoms with Crippen molar-refractivity contribution >= 4 is 27.5 Å². The molecule has 84 valence electrons. The molecule has 1 rings (SSSR count). The van der Waals surface area contributed by atoms with Crippen molar-refractivity contribution in [1.29, 1.82) is 0 Å². The zero-order valence-corrected chi connectivity index (χ0v) is 10.4. The molecule has 0 saturated heterocycles. The number of aliphatic hydroxyl groups is 2. The van der Waals surface area contributed by atoms with Crippen LogP contribution in [-0.4, -0.2) is 29.5 Å². The van der Waals surface area contributed by atoms with Crippen molar-refractivity contribution in [2.75, 3.05) is 13.2 Å². The van der Waals surface area contributed by atoms with E-state index in [9.17, 15) is 0 Å². The third-order valence-electron chi connectivity index (χ3n) is 1.92. The van der Waals surface area contributed by atoms with Gasteiger partial charge in [0, 0.05) is 22.6 Å². The lowest BCUT2D eigenvalue weighted by atomic mass is 10.2. The van der Waals surface area contributed by atoms with Crippen LogP contribution in [0.3, 0.4) is 0 Å². The van der Waals surface area contributed by atoms with Crippen LogP contribution >= 0.6 is 27.5 Å². The first kappa shape index (κ1) is 12.9. The van der Waals surface area contributed by atoms with Crippen LogP contribution in [-0.2, 0) is 6.54 Å². The van der Waals surface area contributed by atoms with E-state index in [2.05, 4.69) is 21.2 Å². The zero-order valence-electron chi connectivity index (χ0n) is 8.08. The largest absolute Gasteiger partial charge is 0.394 e. The Hall–Kier alpha value is -0.130. The van der Waals surface area contributed by atoms with Crippen LogP contribution in [0.15, 0.2) is 22.7 Å². The molecule has 0 aliphatic carbocycles. The molecule has 0 amide bonds. The standard InChI is InChI=1S/C10H13BrClNO2/c11-8-2-1-7(10(12)3-8)4-13-5-9(15)6-14/h1-3,9,13-15H,4-6H2/t9-/m1/s1. The van der Waals surface area contributed by atoms with Crippen molar-refractivity contribution in [3.05, 3.63) is 33.3 Å². The summed E-state index contributed by atoms with van der Waals surface area (Å²) in [6, 6.07) is 5.64. The first-order valence-electron chi connectivity index (χ1n) is 4.57. The quantitative estimate of drug-likeness (QED) is 0.772. The van der Waals surface area contributed by atoms with Crippen LogP contribution in [0, 0.1) is 0 Å². The summed E-state index contributed by atoms with van der Waals surface area (Å²) in [5, 5.41) is 21.4. The second kappa shape index (κ2) is 6.45. The number of halogens is 2. The van der Waals surface area contributed by atoms with E-state index in [1.165, 1.54) is 0 Å². The van der Waals surface area contributed by atoms with E-state index < -0.39 is 6.10 Å². The molecule has 15 heavy (non-hydrogen) atoms. The van der Waals surface area contributed by atoms with Gasteiger partial charge in [0.2, 0.25) is 0 Å². The summed E-state index contributed by atoms with van der Waals surface area (Å²) < 4.78 is 0.937. The highest BCUT2D eigenvalue weighted by Gasteiger charge is 2.03. The van der Waals surface area contributed by atoms with Gasteiger partial charge in [0.1, 0.15) is 0 Å². The molecule has 1 aromatic rings. The van der Waals surface area contributed by atoms with Crippen molar-refractivity contribution in [2.24, 2.45) is 0 Å². The van der Waals surface area contributed by atoms with Gasteiger partial charge in [0.05, 0.1) is 12.7 Å². The predicted octanol–water partition coefficient (Wildman–Crippen LogP) is 1.55. The summed E-state index contributed by atoms with van der Waals surface area (Å²) in [6.45, 7) is 0.688. The minimum Gasteiger partial charge on any atom is -0.394 e. The summed E-state index contributed by atoms with van der Waals surface area (Å²) in [5.74, 6) is 0. The summed E-state index contributed by atoms with van der Waals surface area (Å²) in [7, 11) is 0. The van der Waals surface area contributed by atoms with Gasteiger partial charge in [-0.15, -0.1) is 0 Å². The molecule has 0 saturated carbocycles. The molecule has 3 nitrogen and oxygen atoms in total. The lowest BCUT2D eigenvalue weighted by Crippen LogP contribution is -2.28. The molecular weight excluding hydrogens is 281 g/mol. The van der Waals surface area contributed by atoms with Gasteiger partial charge in [-0.1, -0.05) is 33.6 Å². The second-order valence-corrected chi connectivity index (χ2v) is 4.53. The van der Waals surface area contributed by atoms with E-state index in [0.29, 0.717) is 18.1 Å². The van der Waals surface area contributed by atoms with E-state index in [-0.39, 0.29) is 6.61 Å². The molecule has 1 atom stereocenters. The molecular formula is C10H13BrClNO2. The van der Waals surface area contributed by atoms with Crippen molar-refractivity contribution in [3.63, 3.8) is 0 Å². The first-order chi connectivity index (χ1) is 7.13. The highest BCUT2D eigenvalue weighted by Crippen LogP contribution is 2.20. The van der Waals surface area contributed by atoms with Gasteiger partial charge in [-0.2, -0.15) is 0 Å². The topological polar surface area (TPSA) is 52.5 Å². The van der Waals surface area contributed by atoms with Gasteiger partial charge < -0.3 is 15.5 Å². The Balaban J connectivity index is 2.44. The molecule has 0 aliphatic rings. The van der Waals surface area contributed by atoms with Crippen molar-refractivity contribution < 1.29 is 10.2 Å². The first-order valence-corrected chi connectivity index (χ1v) is 5.74. The highest BCUT2D eigenvalue weighted by molar-refractivity contribution is 9.10. The Kier molecular flexibility index (Phi) is 5.56. The average molecular weight is 295 g/mol. The molecule has 0 heterocycles. The van der Waals surface area contributed by atoms with Crippen LogP contribution in [0.2, 0.25) is 5.02 Å². The molecule has 5 heteroatoms. The average Bonchev–Trinajstić information content (AvgIpc) is 2.21. The highest BCUT2D eigenvalue weighted by atomic mass is 79.9. The fourth-order valence-electron chi connectivity index (χ4n) is 1.10. The summed E-state index contributed by atoms with van der Waals surface area (Å²) in [6.07, 6.45) is -0.723. The smallest absolute Gasteiger partial charge is 0.0895 e. The Morgan fingerprint density at radius 2 is 2.20 bits per heavy atom. The van der Waals surface area contributed by atoms with Gasteiger partial charge in [-0.25, -0.2) is 0 Å². The molecule has 0 radical (unpaired) electrons. The lowest BCUT2D eigenvalue weighted by molar-refractivity contribution is 0.0942. The molecule has 0 fully saturated rings. The predicted molar refractivity (Wildman–Crippen MR) is 64.0 cm³/mol. The van der Waals surface area contributed by atoms with E-state index in [4.69, 9.17) is 21.8 Å². The normalized spacial score (nSPS) is 12.8. The van der Waals surface area contributed by atoms with Crippen molar-refractivity contribution in [3.8, 4) is 0 Å². The molecule has 0 bridgehead atoms. The fourth-order valence-corrected chi connectivity index (χ4v) is 1.84. The Bertz CT molecular complexity index is 322. The molecule has 3 N–H and O–H groups in total. The fraction of sp³-hybridized carbons (Fsp3) is 0.400. The van der Waals surface area contributed by atoms with Gasteiger partial charge >= 0.3 is 0 Å². The van der Waals surface area contributed by atoms with E-state index in [1.807, 2.05) is 18.2 Å². The minimum atomic E-state index is -0.723. The summed E-state index contributed by atoms with van der Waals surface area (Å²) >= 11 is 9.32. The molecule has 0 aromatic heterocycles. The maximum Gasteiger partial charge on any atom is 0.0895 e. The van der Waals surface area contributed by atoms with Crippen LogP contribution in [0.5, 0.6) is 0 Å². The molecule has 1 aromatic carbocycles. The number of hydrogen-bond donors (Lipinski definition) is 3. The zero-order chi connectivity index (χ0) is 11.3. The van der Waals surface area contributed by atoms with Crippen LogP contribution in [0.4, 0.5) is 0 Å². The number of rotatable bonds is 5. The minimum absolute atomic E-state index is 0.235. The Morgan fingerprint density at radius 1 is 1.47 bits per heavy atom. The number of nitrogens with one attached hydrogen (secondary N) is 1. The molecule has 0 spiro atoms. The van der Waals surface area contributed by atoms with E-state index in [0.717, 1.165) is 10.0 Å². The number of benzene rings is 1. The SMILES string of the molecule is OC[C@H](O)CNCc1ccc(Br)cc1Cl.